The van der Waals surface area contributed by atoms with Crippen molar-refractivity contribution in [1.82, 2.24) is 4.98 Å². The van der Waals surface area contributed by atoms with Crippen molar-refractivity contribution in [2.24, 2.45) is 0 Å². The third-order valence-electron chi connectivity index (χ3n) is 1.01. The number of pyridine rings is 1. The molecule has 3 nitrogen and oxygen atoms in total. The number of nitrogens with two attached hydrogens (primary N) is 1. The van der Waals surface area contributed by atoms with Gasteiger partial charge in [-0.05, 0) is 6.07 Å². The highest BCUT2D eigenvalue weighted by Crippen LogP contribution is 2.12. The SMILES string of the molecule is N#Cc1cc(Cl)cnc1N. The third kappa shape index (κ3) is 1.17. The van der Waals surface area contributed by atoms with E-state index in [1.165, 1.54) is 12.3 Å². The lowest BCUT2D eigenvalue weighted by Gasteiger charge is -1.93. The first-order valence-corrected chi connectivity index (χ1v) is 2.93. The molecule has 1 aromatic rings. The van der Waals surface area contributed by atoms with E-state index >= 15 is 0 Å². The lowest BCUT2D eigenvalue weighted by molar-refractivity contribution is 1.31. The Morgan fingerprint density at radius 3 is 2.90 bits per heavy atom. The first-order valence-electron chi connectivity index (χ1n) is 2.55. The average molecular weight is 154 g/mol. The number of nitriles is 1. The summed E-state index contributed by atoms with van der Waals surface area (Å²) in [4.78, 5) is 3.67. The molecule has 0 fully saturated rings. The summed E-state index contributed by atoms with van der Waals surface area (Å²) in [6.07, 6.45) is 1.40. The molecule has 0 aromatic carbocycles. The lowest BCUT2D eigenvalue weighted by Crippen LogP contribution is -1.92. The summed E-state index contributed by atoms with van der Waals surface area (Å²) in [6, 6.07) is 3.34. The summed E-state index contributed by atoms with van der Waals surface area (Å²) in [5.41, 5.74) is 5.62. The monoisotopic (exact) mass is 153 g/mol. The van der Waals surface area contributed by atoms with Crippen molar-refractivity contribution >= 4 is 17.4 Å². The van der Waals surface area contributed by atoms with Crippen LogP contribution in [-0.2, 0) is 0 Å². The molecule has 0 unspecified atom stereocenters. The summed E-state index contributed by atoms with van der Waals surface area (Å²) in [7, 11) is 0. The second-order valence-corrected chi connectivity index (χ2v) is 2.13. The van der Waals surface area contributed by atoms with Gasteiger partial charge in [-0.15, -0.1) is 0 Å². The van der Waals surface area contributed by atoms with Crippen molar-refractivity contribution in [2.45, 2.75) is 0 Å². The summed E-state index contributed by atoms with van der Waals surface area (Å²) < 4.78 is 0. The smallest absolute Gasteiger partial charge is 0.141 e. The fourth-order valence-corrected chi connectivity index (χ4v) is 0.697. The van der Waals surface area contributed by atoms with Gasteiger partial charge in [0.25, 0.3) is 0 Å². The van der Waals surface area contributed by atoms with Crippen molar-refractivity contribution in [3.63, 3.8) is 0 Å². The fraction of sp³-hybridized carbons (Fsp3) is 0. The van der Waals surface area contributed by atoms with Gasteiger partial charge in [0.1, 0.15) is 11.9 Å². The Kier molecular flexibility index (Phi) is 1.74. The molecule has 0 spiro atoms. The van der Waals surface area contributed by atoms with Gasteiger partial charge in [-0.3, -0.25) is 0 Å². The van der Waals surface area contributed by atoms with E-state index < -0.39 is 0 Å². The molecular weight excluding hydrogens is 150 g/mol. The number of hydrogen-bond donors (Lipinski definition) is 1. The minimum Gasteiger partial charge on any atom is -0.383 e. The van der Waals surface area contributed by atoms with E-state index in [2.05, 4.69) is 4.98 Å². The number of nitrogen functional groups attached to an aromatic ring is 1. The Morgan fingerprint density at radius 2 is 2.40 bits per heavy atom. The summed E-state index contributed by atoms with van der Waals surface area (Å²) in [5, 5.41) is 8.84. The minimum atomic E-state index is 0.215. The molecule has 0 radical (unpaired) electrons. The highest BCUT2D eigenvalue weighted by molar-refractivity contribution is 6.30. The molecule has 0 atom stereocenters. The second kappa shape index (κ2) is 2.54. The molecule has 0 saturated carbocycles. The van der Waals surface area contributed by atoms with Crippen LogP contribution in [0.5, 0.6) is 0 Å². The van der Waals surface area contributed by atoms with Crippen LogP contribution in [0.4, 0.5) is 5.82 Å². The highest BCUT2D eigenvalue weighted by Gasteiger charge is 1.97. The molecule has 0 aliphatic carbocycles. The zero-order valence-electron chi connectivity index (χ0n) is 5.00. The van der Waals surface area contributed by atoms with Crippen LogP contribution >= 0.6 is 11.6 Å². The Bertz CT molecular complexity index is 290. The fourth-order valence-electron chi connectivity index (χ4n) is 0.539. The van der Waals surface area contributed by atoms with Crippen molar-refractivity contribution in [3.05, 3.63) is 22.8 Å². The number of rotatable bonds is 0. The largest absolute Gasteiger partial charge is 0.383 e. The van der Waals surface area contributed by atoms with Gasteiger partial charge in [-0.2, -0.15) is 5.26 Å². The second-order valence-electron chi connectivity index (χ2n) is 1.70. The van der Waals surface area contributed by atoms with Gasteiger partial charge >= 0.3 is 0 Å². The van der Waals surface area contributed by atoms with E-state index in [4.69, 9.17) is 22.6 Å². The molecule has 50 valence electrons. The number of hydrogen-bond acceptors (Lipinski definition) is 3. The molecule has 1 aromatic heterocycles. The summed E-state index contributed by atoms with van der Waals surface area (Å²) in [5.74, 6) is 0.215. The van der Waals surface area contributed by atoms with E-state index in [0.717, 1.165) is 0 Å². The normalized spacial score (nSPS) is 8.80. The van der Waals surface area contributed by atoms with E-state index in [0.29, 0.717) is 10.6 Å². The maximum Gasteiger partial charge on any atom is 0.141 e. The Morgan fingerprint density at radius 1 is 1.70 bits per heavy atom. The van der Waals surface area contributed by atoms with Crippen LogP contribution in [-0.4, -0.2) is 4.98 Å². The van der Waals surface area contributed by atoms with Gasteiger partial charge in [0.05, 0.1) is 10.6 Å². The van der Waals surface area contributed by atoms with Gasteiger partial charge < -0.3 is 5.73 Å². The summed E-state index contributed by atoms with van der Waals surface area (Å²) in [6.45, 7) is 0. The van der Waals surface area contributed by atoms with Crippen LogP contribution in [0.3, 0.4) is 0 Å². The number of aromatic nitrogens is 1. The van der Waals surface area contributed by atoms with Gasteiger partial charge in [-0.1, -0.05) is 11.6 Å². The Hall–Kier alpha value is -1.27. The highest BCUT2D eigenvalue weighted by atomic mass is 35.5. The number of nitrogens with zero attached hydrogens (tertiary/aromatic N) is 2. The first kappa shape index (κ1) is 6.84. The van der Waals surface area contributed by atoms with Gasteiger partial charge in [-0.25, -0.2) is 4.98 Å². The van der Waals surface area contributed by atoms with Crippen molar-refractivity contribution in [1.29, 1.82) is 5.26 Å². The topological polar surface area (TPSA) is 62.7 Å². The molecule has 10 heavy (non-hydrogen) atoms. The summed E-state index contributed by atoms with van der Waals surface area (Å²) >= 11 is 5.53. The average Bonchev–Trinajstić information content (AvgIpc) is 1.94. The van der Waals surface area contributed by atoms with Crippen LogP contribution in [0.1, 0.15) is 5.56 Å². The molecule has 0 bridgehead atoms. The standard InChI is InChI=1S/C6H4ClN3/c7-5-1-4(2-8)6(9)10-3-5/h1,3H,(H2,9,10). The van der Waals surface area contributed by atoms with Crippen LogP contribution in [0, 0.1) is 11.3 Å². The maximum absolute atomic E-state index is 8.41. The quantitative estimate of drug-likeness (QED) is 0.609. The van der Waals surface area contributed by atoms with Crippen LogP contribution in [0.15, 0.2) is 12.3 Å². The van der Waals surface area contributed by atoms with Gasteiger partial charge in [0.15, 0.2) is 0 Å². The Labute approximate surface area is 63.1 Å². The van der Waals surface area contributed by atoms with Crippen molar-refractivity contribution in [3.8, 4) is 6.07 Å². The van der Waals surface area contributed by atoms with Crippen LogP contribution in [0.2, 0.25) is 5.02 Å². The molecule has 1 heterocycles. The predicted octanol–water partition coefficient (Wildman–Crippen LogP) is 1.19. The molecular formula is C6H4ClN3. The van der Waals surface area contributed by atoms with Crippen molar-refractivity contribution < 1.29 is 0 Å². The zero-order valence-corrected chi connectivity index (χ0v) is 5.76. The number of halogens is 1. The van der Waals surface area contributed by atoms with E-state index in [9.17, 15) is 0 Å². The molecule has 0 aliphatic heterocycles. The molecule has 0 saturated heterocycles. The predicted molar refractivity (Wildman–Crippen MR) is 38.4 cm³/mol. The van der Waals surface area contributed by atoms with Crippen molar-refractivity contribution in [2.75, 3.05) is 5.73 Å². The number of anilines is 1. The van der Waals surface area contributed by atoms with Gasteiger partial charge in [0.2, 0.25) is 0 Å². The van der Waals surface area contributed by atoms with E-state index in [1.54, 1.807) is 0 Å². The van der Waals surface area contributed by atoms with E-state index in [-0.39, 0.29) is 5.82 Å². The van der Waals surface area contributed by atoms with E-state index in [1.807, 2.05) is 6.07 Å². The first-order chi connectivity index (χ1) is 4.74. The third-order valence-corrected chi connectivity index (χ3v) is 1.21. The Balaban J connectivity index is 3.25. The molecule has 0 aliphatic rings. The maximum atomic E-state index is 8.41. The van der Waals surface area contributed by atoms with Crippen LogP contribution < -0.4 is 5.73 Å². The van der Waals surface area contributed by atoms with Crippen LogP contribution in [0.25, 0.3) is 0 Å². The molecule has 0 amide bonds. The minimum absolute atomic E-state index is 0.215. The lowest BCUT2D eigenvalue weighted by atomic mass is 10.3. The van der Waals surface area contributed by atoms with Gasteiger partial charge in [0, 0.05) is 6.20 Å². The zero-order chi connectivity index (χ0) is 7.56. The molecule has 4 heteroatoms. The molecule has 2 N–H and O–H groups in total. The molecule has 1 rings (SSSR count).